The van der Waals surface area contributed by atoms with E-state index in [9.17, 15) is 0 Å². The van der Waals surface area contributed by atoms with Crippen molar-refractivity contribution >= 4 is 10.9 Å². The monoisotopic (exact) mass is 256 g/mol. The summed E-state index contributed by atoms with van der Waals surface area (Å²) >= 11 is 0. The molecule has 1 aromatic heterocycles. The van der Waals surface area contributed by atoms with Crippen LogP contribution in [0.1, 0.15) is 44.2 Å². The molecule has 2 aromatic rings. The Morgan fingerprint density at radius 1 is 0.789 bits per heavy atom. The van der Waals surface area contributed by atoms with E-state index in [4.69, 9.17) is 10.7 Å². The zero-order valence-corrected chi connectivity index (χ0v) is 11.6. The highest BCUT2D eigenvalue weighted by Crippen LogP contribution is 2.14. The fourth-order valence-electron chi connectivity index (χ4n) is 2.41. The van der Waals surface area contributed by atoms with Crippen LogP contribution < -0.4 is 5.73 Å². The Morgan fingerprint density at radius 2 is 1.53 bits per heavy atom. The molecule has 2 rings (SSSR count). The van der Waals surface area contributed by atoms with Crippen molar-refractivity contribution in [2.45, 2.75) is 44.9 Å². The molecule has 0 fully saturated rings. The summed E-state index contributed by atoms with van der Waals surface area (Å²) in [5.41, 5.74) is 7.82. The van der Waals surface area contributed by atoms with E-state index in [-0.39, 0.29) is 0 Å². The number of benzene rings is 1. The number of fused-ring (bicyclic) bond motifs is 1. The smallest absolute Gasteiger partial charge is 0.0705 e. The van der Waals surface area contributed by atoms with Gasteiger partial charge in [0.1, 0.15) is 0 Å². The number of hydrogen-bond acceptors (Lipinski definition) is 2. The number of pyridine rings is 1. The van der Waals surface area contributed by atoms with Gasteiger partial charge < -0.3 is 5.73 Å². The topological polar surface area (TPSA) is 38.9 Å². The van der Waals surface area contributed by atoms with Crippen LogP contribution in [-0.4, -0.2) is 11.5 Å². The molecule has 1 aromatic carbocycles. The third kappa shape index (κ3) is 4.64. The second-order valence-electron chi connectivity index (χ2n) is 5.16. The molecule has 0 saturated heterocycles. The van der Waals surface area contributed by atoms with Gasteiger partial charge in [-0.2, -0.15) is 0 Å². The summed E-state index contributed by atoms with van der Waals surface area (Å²) in [6.07, 6.45) is 8.75. The predicted molar refractivity (Wildman–Crippen MR) is 82.2 cm³/mol. The summed E-state index contributed by atoms with van der Waals surface area (Å²) in [4.78, 5) is 4.71. The van der Waals surface area contributed by atoms with E-state index in [1.165, 1.54) is 49.6 Å². The number of nitrogens with zero attached hydrogens (tertiary/aromatic N) is 1. The molecule has 2 nitrogen and oxygen atoms in total. The fraction of sp³-hybridized carbons (Fsp3) is 0.471. The van der Waals surface area contributed by atoms with Crippen molar-refractivity contribution in [2.75, 3.05) is 6.54 Å². The Morgan fingerprint density at radius 3 is 2.37 bits per heavy atom. The second-order valence-corrected chi connectivity index (χ2v) is 5.16. The van der Waals surface area contributed by atoms with Gasteiger partial charge >= 0.3 is 0 Å². The summed E-state index contributed by atoms with van der Waals surface area (Å²) < 4.78 is 0. The molecule has 102 valence electrons. The van der Waals surface area contributed by atoms with Crippen molar-refractivity contribution in [2.24, 2.45) is 5.73 Å². The molecule has 0 atom stereocenters. The van der Waals surface area contributed by atoms with Gasteiger partial charge in [-0.15, -0.1) is 0 Å². The van der Waals surface area contributed by atoms with Gasteiger partial charge in [-0.3, -0.25) is 4.98 Å². The molecular weight excluding hydrogens is 232 g/mol. The molecule has 0 aliphatic rings. The van der Waals surface area contributed by atoms with Gasteiger partial charge in [-0.1, -0.05) is 49.9 Å². The number of aromatic nitrogens is 1. The zero-order chi connectivity index (χ0) is 13.3. The van der Waals surface area contributed by atoms with Gasteiger partial charge in [-0.05, 0) is 37.9 Å². The van der Waals surface area contributed by atoms with Gasteiger partial charge in [0.15, 0.2) is 0 Å². The van der Waals surface area contributed by atoms with Gasteiger partial charge in [-0.25, -0.2) is 0 Å². The highest BCUT2D eigenvalue weighted by atomic mass is 14.7. The van der Waals surface area contributed by atoms with E-state index in [1.807, 2.05) is 0 Å². The van der Waals surface area contributed by atoms with Crippen LogP contribution >= 0.6 is 0 Å². The number of unbranched alkanes of at least 4 members (excludes halogenated alkanes) is 5. The third-order valence-corrected chi connectivity index (χ3v) is 3.54. The number of rotatable bonds is 8. The lowest BCUT2D eigenvalue weighted by Gasteiger charge is -2.03. The first-order valence-electron chi connectivity index (χ1n) is 7.45. The maximum absolute atomic E-state index is 5.48. The summed E-state index contributed by atoms with van der Waals surface area (Å²) in [6, 6.07) is 12.7. The van der Waals surface area contributed by atoms with Crippen LogP contribution in [0.5, 0.6) is 0 Å². The molecule has 2 N–H and O–H groups in total. The van der Waals surface area contributed by atoms with Gasteiger partial charge in [0.05, 0.1) is 5.52 Å². The first kappa shape index (κ1) is 14.0. The molecule has 2 heteroatoms. The molecule has 0 aliphatic heterocycles. The molecular formula is C17H24N2. The van der Waals surface area contributed by atoms with Crippen molar-refractivity contribution in [3.8, 4) is 0 Å². The van der Waals surface area contributed by atoms with Crippen LogP contribution in [0.3, 0.4) is 0 Å². The van der Waals surface area contributed by atoms with E-state index < -0.39 is 0 Å². The van der Waals surface area contributed by atoms with Crippen molar-refractivity contribution in [3.63, 3.8) is 0 Å². The van der Waals surface area contributed by atoms with E-state index in [0.717, 1.165) is 18.5 Å². The highest BCUT2D eigenvalue weighted by molar-refractivity contribution is 5.78. The summed E-state index contributed by atoms with van der Waals surface area (Å²) in [5, 5.41) is 1.23. The number of aryl methyl sites for hydroxylation is 1. The highest BCUT2D eigenvalue weighted by Gasteiger charge is 1.98. The third-order valence-electron chi connectivity index (χ3n) is 3.54. The number of hydrogen-bond donors (Lipinski definition) is 1. The Labute approximate surface area is 116 Å². The molecule has 19 heavy (non-hydrogen) atoms. The molecule has 0 amide bonds. The van der Waals surface area contributed by atoms with Crippen molar-refractivity contribution in [3.05, 3.63) is 42.1 Å². The van der Waals surface area contributed by atoms with Crippen LogP contribution in [0.25, 0.3) is 10.9 Å². The summed E-state index contributed by atoms with van der Waals surface area (Å²) in [5.74, 6) is 0. The van der Waals surface area contributed by atoms with Crippen molar-refractivity contribution in [1.82, 2.24) is 4.98 Å². The Hall–Kier alpha value is -1.41. The van der Waals surface area contributed by atoms with E-state index >= 15 is 0 Å². The second kappa shape index (κ2) is 7.90. The molecule has 0 saturated carbocycles. The quantitative estimate of drug-likeness (QED) is 0.723. The fourth-order valence-corrected chi connectivity index (χ4v) is 2.41. The number of para-hydroxylation sites is 1. The minimum Gasteiger partial charge on any atom is -0.330 e. The van der Waals surface area contributed by atoms with Crippen LogP contribution in [0, 0.1) is 0 Å². The lowest BCUT2D eigenvalue weighted by Crippen LogP contribution is -1.97. The molecule has 1 heterocycles. The van der Waals surface area contributed by atoms with Crippen LogP contribution in [0.4, 0.5) is 0 Å². The van der Waals surface area contributed by atoms with Gasteiger partial charge in [0.2, 0.25) is 0 Å². The van der Waals surface area contributed by atoms with Gasteiger partial charge in [0, 0.05) is 11.1 Å². The van der Waals surface area contributed by atoms with Crippen molar-refractivity contribution < 1.29 is 0 Å². The molecule has 0 spiro atoms. The summed E-state index contributed by atoms with van der Waals surface area (Å²) in [7, 11) is 0. The SMILES string of the molecule is NCCCCCCCCc1ccc2ccccc2n1. The first-order chi connectivity index (χ1) is 9.40. The maximum atomic E-state index is 5.48. The minimum absolute atomic E-state index is 0.834. The zero-order valence-electron chi connectivity index (χ0n) is 11.6. The summed E-state index contributed by atoms with van der Waals surface area (Å²) in [6.45, 7) is 0.834. The predicted octanol–water partition coefficient (Wildman–Crippen LogP) is 4.08. The molecule has 0 aliphatic carbocycles. The van der Waals surface area contributed by atoms with E-state index in [1.54, 1.807) is 0 Å². The average molecular weight is 256 g/mol. The maximum Gasteiger partial charge on any atom is 0.0705 e. The Kier molecular flexibility index (Phi) is 5.83. The van der Waals surface area contributed by atoms with Crippen LogP contribution in [0.15, 0.2) is 36.4 Å². The largest absolute Gasteiger partial charge is 0.330 e. The van der Waals surface area contributed by atoms with E-state index in [2.05, 4.69) is 36.4 Å². The standard InChI is InChI=1S/C17H24N2/c18-14-8-4-2-1-3-5-10-16-13-12-15-9-6-7-11-17(15)19-16/h6-7,9,11-13H,1-5,8,10,14,18H2. The van der Waals surface area contributed by atoms with E-state index in [0.29, 0.717) is 0 Å². The lowest BCUT2D eigenvalue weighted by molar-refractivity contribution is 0.595. The van der Waals surface area contributed by atoms with Crippen LogP contribution in [0.2, 0.25) is 0 Å². The first-order valence-corrected chi connectivity index (χ1v) is 7.45. The van der Waals surface area contributed by atoms with Gasteiger partial charge in [0.25, 0.3) is 0 Å². The molecule has 0 bridgehead atoms. The Balaban J connectivity index is 1.72. The Bertz CT molecular complexity index is 493. The molecule has 0 radical (unpaired) electrons. The normalized spacial score (nSPS) is 11.0. The minimum atomic E-state index is 0.834. The molecule has 0 unspecified atom stereocenters. The van der Waals surface area contributed by atoms with Crippen molar-refractivity contribution in [1.29, 1.82) is 0 Å². The lowest BCUT2D eigenvalue weighted by atomic mass is 10.1. The van der Waals surface area contributed by atoms with Crippen LogP contribution in [-0.2, 0) is 6.42 Å². The number of nitrogens with two attached hydrogens (primary N) is 1. The average Bonchev–Trinajstić information content (AvgIpc) is 2.46.